The number of unbranched alkanes of at least 4 members (excludes halogenated alkanes) is 3. The molecule has 6 heterocycles. The van der Waals surface area contributed by atoms with Crippen LogP contribution < -0.4 is 36.6 Å². The van der Waals surface area contributed by atoms with Crippen LogP contribution in [-0.4, -0.2) is 149 Å². The number of rotatable bonds is 17. The van der Waals surface area contributed by atoms with Gasteiger partial charge in [0.15, 0.2) is 0 Å². The van der Waals surface area contributed by atoms with Gasteiger partial charge < -0.3 is 35.6 Å². The van der Waals surface area contributed by atoms with E-state index in [1.54, 1.807) is 23.1 Å². The molecule has 5 N–H and O–H groups in total. The number of aromatic nitrogens is 3. The van der Waals surface area contributed by atoms with E-state index < -0.39 is 64.3 Å². The smallest absolute Gasteiger partial charge is 0.384 e. The number of carbonyl (C=O) groups excluding carboxylic acids is 7. The molecule has 398 valence electrons. The summed E-state index contributed by atoms with van der Waals surface area (Å²) >= 11 is 0. The predicted octanol–water partition coefficient (Wildman–Crippen LogP) is 4.39. The van der Waals surface area contributed by atoms with Crippen LogP contribution in [0.5, 0.6) is 0 Å². The Balaban J connectivity index is 0.775. The molecule has 24 heteroatoms. The van der Waals surface area contributed by atoms with Crippen molar-refractivity contribution in [1.29, 1.82) is 0 Å². The van der Waals surface area contributed by atoms with Crippen molar-refractivity contribution in [3.05, 3.63) is 93.4 Å². The largest absolute Gasteiger partial charge is 0.417 e. The molecule has 8 rings (SSSR count). The van der Waals surface area contributed by atoms with Crippen LogP contribution >= 0.6 is 0 Å². The van der Waals surface area contributed by atoms with E-state index in [0.717, 1.165) is 24.2 Å². The van der Waals surface area contributed by atoms with Gasteiger partial charge in [0.1, 0.15) is 11.9 Å². The maximum atomic E-state index is 16.1. The molecule has 0 spiro atoms. The molecular formula is C51H58F4N12O8. The van der Waals surface area contributed by atoms with Gasteiger partial charge in [0.05, 0.1) is 33.6 Å². The zero-order valence-electron chi connectivity index (χ0n) is 41.7. The number of nitrogens with one attached hydrogen (secondary N) is 5. The first kappa shape index (κ1) is 53.5. The molecule has 2 aromatic carbocycles. The lowest BCUT2D eigenvalue weighted by Gasteiger charge is -2.44. The summed E-state index contributed by atoms with van der Waals surface area (Å²) in [5, 5.41) is 10.8. The lowest BCUT2D eigenvalue weighted by atomic mass is 10.0. The average molecular weight is 1040 g/mol. The monoisotopic (exact) mass is 1040 g/mol. The number of imide groups is 2. The number of likely N-dealkylation sites (N-methyl/N-ethyl adjacent to an activating group) is 1. The Morgan fingerprint density at radius 1 is 0.813 bits per heavy atom. The first-order chi connectivity index (χ1) is 35.8. The molecule has 4 aliphatic heterocycles. The molecular weight excluding hydrogens is 985 g/mol. The zero-order valence-corrected chi connectivity index (χ0v) is 41.7. The van der Waals surface area contributed by atoms with Crippen molar-refractivity contribution >= 4 is 64.4 Å². The Morgan fingerprint density at radius 2 is 1.51 bits per heavy atom. The van der Waals surface area contributed by atoms with Gasteiger partial charge in [0.25, 0.3) is 17.7 Å². The van der Waals surface area contributed by atoms with E-state index >= 15 is 4.39 Å². The van der Waals surface area contributed by atoms with Gasteiger partial charge in [0, 0.05) is 125 Å². The van der Waals surface area contributed by atoms with Gasteiger partial charge in [-0.05, 0) is 64.4 Å². The number of fused-ring (bicyclic) bond motifs is 1. The predicted molar refractivity (Wildman–Crippen MR) is 267 cm³/mol. The zero-order chi connectivity index (χ0) is 53.7. The van der Waals surface area contributed by atoms with E-state index in [2.05, 4.69) is 41.1 Å². The number of halogens is 4. The molecule has 0 aliphatic carbocycles. The maximum Gasteiger partial charge on any atom is 0.417 e. The van der Waals surface area contributed by atoms with Crippen LogP contribution in [0.2, 0.25) is 0 Å². The summed E-state index contributed by atoms with van der Waals surface area (Å²) in [4.78, 5) is 121. The number of aromatic amines is 1. The van der Waals surface area contributed by atoms with Gasteiger partial charge in [-0.3, -0.25) is 53.5 Å². The minimum Gasteiger partial charge on any atom is -0.384 e. The number of benzene rings is 2. The van der Waals surface area contributed by atoms with Gasteiger partial charge >= 0.3 is 6.18 Å². The normalized spacial score (nSPS) is 19.3. The van der Waals surface area contributed by atoms with Crippen LogP contribution in [0, 0.1) is 5.82 Å². The fraction of sp³-hybridized carbons (Fsp3) is 0.451. The number of piperazine rings is 2. The van der Waals surface area contributed by atoms with Gasteiger partial charge in [0.2, 0.25) is 35.1 Å². The highest BCUT2D eigenvalue weighted by Crippen LogP contribution is 2.38. The third-order valence-corrected chi connectivity index (χ3v) is 14.1. The van der Waals surface area contributed by atoms with Gasteiger partial charge in [-0.15, -0.1) is 0 Å². The highest BCUT2D eigenvalue weighted by Gasteiger charge is 2.46. The van der Waals surface area contributed by atoms with E-state index in [1.807, 2.05) is 30.7 Å². The number of amides is 7. The van der Waals surface area contributed by atoms with E-state index in [1.165, 1.54) is 24.5 Å². The highest BCUT2D eigenvalue weighted by molar-refractivity contribution is 6.25. The summed E-state index contributed by atoms with van der Waals surface area (Å²) in [5.41, 5.74) is -1.87. The Hall–Kier alpha value is -7.76. The Morgan fingerprint density at radius 3 is 2.19 bits per heavy atom. The second kappa shape index (κ2) is 22.8. The molecule has 0 radical (unpaired) electrons. The van der Waals surface area contributed by atoms with Crippen molar-refractivity contribution < 1.29 is 51.1 Å². The molecule has 1 unspecified atom stereocenters. The number of piperidine rings is 1. The number of pyridine rings is 1. The number of carbonyl (C=O) groups is 7. The molecule has 2 aromatic heterocycles. The molecule has 3 fully saturated rings. The molecule has 20 nitrogen and oxygen atoms in total. The van der Waals surface area contributed by atoms with E-state index in [-0.39, 0.29) is 83.2 Å². The van der Waals surface area contributed by atoms with Crippen LogP contribution in [0.4, 0.5) is 40.6 Å². The van der Waals surface area contributed by atoms with E-state index in [4.69, 9.17) is 0 Å². The number of H-pyrrole nitrogens is 1. The first-order valence-electron chi connectivity index (χ1n) is 24.9. The topological polar surface area (TPSA) is 242 Å². The third kappa shape index (κ3) is 12.1. The van der Waals surface area contributed by atoms with Crippen LogP contribution in [0.1, 0.15) is 102 Å². The summed E-state index contributed by atoms with van der Waals surface area (Å²) in [7, 11) is 1.96. The number of alkyl halides is 3. The van der Waals surface area contributed by atoms with Gasteiger partial charge in [-0.2, -0.15) is 13.2 Å². The molecule has 0 saturated carbocycles. The molecule has 4 aromatic rings. The number of hydrogen-bond donors (Lipinski definition) is 5. The molecule has 75 heavy (non-hydrogen) atoms. The maximum absolute atomic E-state index is 16.1. The quantitative estimate of drug-likeness (QED) is 0.0560. The Labute approximate surface area is 428 Å². The summed E-state index contributed by atoms with van der Waals surface area (Å²) < 4.78 is 58.0. The molecule has 3 saturated heterocycles. The van der Waals surface area contributed by atoms with Gasteiger partial charge in [-0.25, -0.2) is 14.4 Å². The molecule has 4 aliphatic rings. The summed E-state index contributed by atoms with van der Waals surface area (Å²) in [6.45, 7) is 7.23. The van der Waals surface area contributed by atoms with Crippen molar-refractivity contribution in [3.8, 4) is 11.1 Å². The minimum atomic E-state index is -5.01. The third-order valence-electron chi connectivity index (χ3n) is 14.1. The summed E-state index contributed by atoms with van der Waals surface area (Å²) in [6.07, 6.45) is 1.73. The molecule has 3 atom stereocenters. The minimum absolute atomic E-state index is 0.0165. The van der Waals surface area contributed by atoms with Crippen molar-refractivity contribution in [2.75, 3.05) is 79.8 Å². The van der Waals surface area contributed by atoms with Crippen LogP contribution in [0.3, 0.4) is 0 Å². The van der Waals surface area contributed by atoms with E-state index in [9.17, 15) is 51.5 Å². The molecule has 7 amide bonds. The fourth-order valence-electron chi connectivity index (χ4n) is 9.79. The first-order valence-corrected chi connectivity index (χ1v) is 24.9. The number of anilines is 4. The fourth-order valence-corrected chi connectivity index (χ4v) is 9.79. The van der Waals surface area contributed by atoms with Crippen molar-refractivity contribution in [1.82, 2.24) is 40.3 Å². The Kier molecular flexibility index (Phi) is 16.3. The van der Waals surface area contributed by atoms with Crippen LogP contribution in [-0.2, 0) is 25.4 Å². The number of hydrogen-bond acceptors (Lipinski definition) is 14. The standard InChI is InChI=1S/C51H58F4N12O8/c1-29-27-66(28-30(2)63(29)3)40-23-36(52)33(21-38(40)61-46(72)34-26-58-43(70)22-35(34)51(53,54)55)31-24-59-50(60-25-31)65-19-17-64(18-20-65)44(71)14-13-41(68)57-16-7-5-4-6-15-56-37-10-8-9-32-45(37)49(75)67(48(32)74)39-11-12-42(69)62-47(39)73/h8-10,21-26,29-30,39,56H,4-7,11-20,27-28H2,1-3H3,(H,57,68)(H,58,70)(H,61,72)(H,62,69,73)/t29-,30+,39?. The van der Waals surface area contributed by atoms with Crippen LogP contribution in [0.25, 0.3) is 11.1 Å². The second-order valence-electron chi connectivity index (χ2n) is 19.2. The van der Waals surface area contributed by atoms with Crippen LogP contribution in [0.15, 0.2) is 59.8 Å². The second-order valence-corrected chi connectivity index (χ2v) is 19.2. The summed E-state index contributed by atoms with van der Waals surface area (Å²) in [6, 6.07) is 6.76. The Bertz CT molecular complexity index is 2920. The van der Waals surface area contributed by atoms with Crippen molar-refractivity contribution in [2.45, 2.75) is 89.5 Å². The van der Waals surface area contributed by atoms with E-state index in [0.29, 0.717) is 82.7 Å². The average Bonchev–Trinajstić information content (AvgIpc) is 3.65. The lowest BCUT2D eigenvalue weighted by molar-refractivity contribution is -0.138. The SMILES string of the molecule is C[C@@H]1CN(c2cc(F)c(-c3cnc(N4CCN(C(=O)CCC(=O)NCCCCCCNc5cccc6c5C(=O)N(C5CCC(=O)NC5=O)C6=O)CC4)nc3)cc2NC(=O)c2c[nH]c(=O)cc2C(F)(F)F)C[C@H](C)N1C. The van der Waals surface area contributed by atoms with Gasteiger partial charge in [-0.1, -0.05) is 18.9 Å². The number of nitrogens with zero attached hydrogens (tertiary/aromatic N) is 7. The van der Waals surface area contributed by atoms with Crippen molar-refractivity contribution in [2.24, 2.45) is 0 Å². The van der Waals surface area contributed by atoms with Crippen molar-refractivity contribution in [3.63, 3.8) is 0 Å². The highest BCUT2D eigenvalue weighted by atomic mass is 19.4. The summed E-state index contributed by atoms with van der Waals surface area (Å²) in [5.74, 6) is -4.20. The lowest BCUT2D eigenvalue weighted by Crippen LogP contribution is -2.55. The molecule has 0 bridgehead atoms.